The Balaban J connectivity index is 2.00. The molecule has 1 aromatic rings. The summed E-state index contributed by atoms with van der Waals surface area (Å²) in [6, 6.07) is 6.09. The number of esters is 1. The van der Waals surface area contributed by atoms with Crippen molar-refractivity contribution in [1.29, 1.82) is 0 Å². The summed E-state index contributed by atoms with van der Waals surface area (Å²) in [5.41, 5.74) is 1.18. The molecule has 1 atom stereocenters. The molecule has 0 N–H and O–H groups in total. The van der Waals surface area contributed by atoms with Crippen molar-refractivity contribution >= 4 is 29.5 Å². The van der Waals surface area contributed by atoms with Crippen molar-refractivity contribution in [1.82, 2.24) is 0 Å². The second-order valence-electron chi connectivity index (χ2n) is 5.37. The molecule has 1 aromatic carbocycles. The van der Waals surface area contributed by atoms with Crippen molar-refractivity contribution in [3.8, 4) is 11.5 Å². The maximum Gasteiger partial charge on any atom is 0.306 e. The zero-order chi connectivity index (χ0) is 15.6. The van der Waals surface area contributed by atoms with Crippen LogP contribution in [0.5, 0.6) is 11.5 Å². The lowest BCUT2D eigenvalue weighted by atomic mass is 9.96. The minimum absolute atomic E-state index is 0.0865. The maximum absolute atomic E-state index is 11.6. The molecule has 0 amide bonds. The minimum Gasteiger partial charge on any atom is -0.493 e. The predicted octanol–water partition coefficient (Wildman–Crippen LogP) is 3.29. The van der Waals surface area contributed by atoms with Crippen LogP contribution in [-0.4, -0.2) is 38.3 Å². The van der Waals surface area contributed by atoms with Crippen molar-refractivity contribution in [3.05, 3.63) is 23.8 Å². The molecule has 2 saturated heterocycles. The highest BCUT2D eigenvalue weighted by Crippen LogP contribution is 2.58. The van der Waals surface area contributed by atoms with Gasteiger partial charge >= 0.3 is 5.97 Å². The molecule has 22 heavy (non-hydrogen) atoms. The first-order chi connectivity index (χ1) is 10.7. The molecule has 2 aliphatic rings. The number of rotatable bonds is 4. The number of hydrogen-bond acceptors (Lipinski definition) is 6. The van der Waals surface area contributed by atoms with Gasteiger partial charge in [-0.25, -0.2) is 0 Å². The van der Waals surface area contributed by atoms with Crippen molar-refractivity contribution < 1.29 is 19.0 Å². The highest BCUT2D eigenvalue weighted by atomic mass is 32.2. The molecular weight excluding hydrogens is 320 g/mol. The lowest BCUT2D eigenvalue weighted by Gasteiger charge is -2.40. The van der Waals surface area contributed by atoms with E-state index < -0.39 is 0 Å². The molecule has 6 heteroatoms. The van der Waals surface area contributed by atoms with Gasteiger partial charge in [0.05, 0.1) is 31.3 Å². The summed E-state index contributed by atoms with van der Waals surface area (Å²) < 4.78 is 15.9. The van der Waals surface area contributed by atoms with Gasteiger partial charge in [0.2, 0.25) is 0 Å². The summed E-state index contributed by atoms with van der Waals surface area (Å²) in [5, 5.41) is 0. The van der Waals surface area contributed by atoms with Gasteiger partial charge in [0.25, 0.3) is 0 Å². The third-order valence-corrected chi connectivity index (χ3v) is 7.79. The van der Waals surface area contributed by atoms with Crippen LogP contribution in [0.4, 0.5) is 0 Å². The number of thioether (sulfide) groups is 2. The monoisotopic (exact) mass is 340 g/mol. The lowest BCUT2D eigenvalue weighted by Crippen LogP contribution is -2.32. The van der Waals surface area contributed by atoms with E-state index in [0.29, 0.717) is 13.0 Å². The molecule has 0 unspecified atom stereocenters. The zero-order valence-electron chi connectivity index (χ0n) is 12.8. The molecule has 0 aromatic heterocycles. The van der Waals surface area contributed by atoms with Crippen molar-refractivity contribution in [2.75, 3.05) is 32.3 Å². The normalized spacial score (nSPS) is 23.9. The fraction of sp³-hybridized carbons (Fsp3) is 0.562. The number of hydrogen-bond donors (Lipinski definition) is 0. The van der Waals surface area contributed by atoms with E-state index in [9.17, 15) is 4.79 Å². The lowest BCUT2D eigenvalue weighted by molar-refractivity contribution is -0.137. The van der Waals surface area contributed by atoms with Crippen LogP contribution in [0.2, 0.25) is 0 Å². The van der Waals surface area contributed by atoms with E-state index >= 15 is 0 Å². The summed E-state index contributed by atoms with van der Waals surface area (Å²) in [5.74, 6) is 3.78. The number of carbonyl (C=O) groups excluding carboxylic acids is 1. The summed E-state index contributed by atoms with van der Waals surface area (Å²) >= 11 is 3.86. The van der Waals surface area contributed by atoms with Gasteiger partial charge in [-0.3, -0.25) is 4.79 Å². The number of methoxy groups -OCH3 is 2. The third-order valence-electron chi connectivity index (χ3n) is 4.10. The van der Waals surface area contributed by atoms with Gasteiger partial charge in [-0.1, -0.05) is 6.07 Å². The topological polar surface area (TPSA) is 44.8 Å². The van der Waals surface area contributed by atoms with Crippen LogP contribution in [-0.2, 0) is 13.6 Å². The number of cyclic esters (lactones) is 1. The molecule has 2 heterocycles. The molecule has 2 fully saturated rings. The van der Waals surface area contributed by atoms with E-state index in [1.807, 2.05) is 35.7 Å². The Morgan fingerprint density at radius 2 is 1.91 bits per heavy atom. The van der Waals surface area contributed by atoms with Gasteiger partial charge in [0.15, 0.2) is 11.5 Å². The highest BCUT2D eigenvalue weighted by Gasteiger charge is 2.47. The molecule has 0 aliphatic carbocycles. The molecule has 4 nitrogen and oxygen atoms in total. The smallest absolute Gasteiger partial charge is 0.306 e. The Hall–Kier alpha value is -1.01. The van der Waals surface area contributed by atoms with E-state index in [4.69, 9.17) is 14.2 Å². The summed E-state index contributed by atoms with van der Waals surface area (Å²) in [7, 11) is 3.29. The molecule has 2 aliphatic heterocycles. The summed E-state index contributed by atoms with van der Waals surface area (Å²) in [6.07, 6.45) is 1.69. The molecular formula is C16H20O4S2. The molecule has 0 bridgehead atoms. The predicted molar refractivity (Wildman–Crippen MR) is 89.8 cm³/mol. The van der Waals surface area contributed by atoms with Crippen LogP contribution in [0.3, 0.4) is 0 Å². The van der Waals surface area contributed by atoms with Crippen LogP contribution in [0.25, 0.3) is 0 Å². The van der Waals surface area contributed by atoms with Gasteiger partial charge in [-0.15, -0.1) is 23.5 Å². The number of ether oxygens (including phenoxy) is 3. The van der Waals surface area contributed by atoms with Crippen LogP contribution in [0.15, 0.2) is 18.2 Å². The quantitative estimate of drug-likeness (QED) is 0.784. The zero-order valence-corrected chi connectivity index (χ0v) is 14.4. The molecule has 0 spiro atoms. The second kappa shape index (κ2) is 6.62. The number of carbonyl (C=O) groups is 1. The molecule has 0 radical (unpaired) electrons. The van der Waals surface area contributed by atoms with Gasteiger partial charge in [-0.2, -0.15) is 0 Å². The molecule has 0 saturated carbocycles. The van der Waals surface area contributed by atoms with Crippen LogP contribution >= 0.6 is 23.5 Å². The maximum atomic E-state index is 11.6. The Kier molecular flexibility index (Phi) is 4.78. The molecule has 3 rings (SSSR count). The molecule has 120 valence electrons. The SMILES string of the molecule is COc1ccc(C2([C@H]3COC(=O)C3)SCCCS2)cc1OC. The van der Waals surface area contributed by atoms with E-state index in [0.717, 1.165) is 23.0 Å². The number of benzene rings is 1. The van der Waals surface area contributed by atoms with Crippen LogP contribution in [0, 0.1) is 5.92 Å². The summed E-state index contributed by atoms with van der Waals surface area (Å²) in [6.45, 7) is 0.507. The van der Waals surface area contributed by atoms with Crippen LogP contribution in [0.1, 0.15) is 18.4 Å². The first kappa shape index (κ1) is 15.9. The van der Waals surface area contributed by atoms with E-state index in [1.54, 1.807) is 14.2 Å². The average Bonchev–Trinajstić information content (AvgIpc) is 3.01. The van der Waals surface area contributed by atoms with Crippen molar-refractivity contribution in [3.63, 3.8) is 0 Å². The highest BCUT2D eigenvalue weighted by molar-refractivity contribution is 8.18. The fourth-order valence-electron chi connectivity index (χ4n) is 3.00. The van der Waals surface area contributed by atoms with Gasteiger partial charge in [-0.05, 0) is 35.6 Å². The Labute approximate surface area is 139 Å². The summed E-state index contributed by atoms with van der Waals surface area (Å²) in [4.78, 5) is 11.6. The van der Waals surface area contributed by atoms with Gasteiger partial charge in [0, 0.05) is 5.92 Å². The fourth-order valence-corrected chi connectivity index (χ4v) is 6.56. The van der Waals surface area contributed by atoms with Crippen LogP contribution < -0.4 is 9.47 Å². The van der Waals surface area contributed by atoms with E-state index in [-0.39, 0.29) is 16.0 Å². The third kappa shape index (κ3) is 2.78. The largest absolute Gasteiger partial charge is 0.493 e. The Bertz CT molecular complexity index is 555. The van der Waals surface area contributed by atoms with Crippen molar-refractivity contribution in [2.24, 2.45) is 5.92 Å². The standard InChI is InChI=1S/C16H20O4S2/c1-18-13-5-4-11(8-14(13)19-2)16(21-6-3-7-22-16)12-9-15(17)20-10-12/h4-5,8,12H,3,6-7,9-10H2,1-2H3/t12-/m1/s1. The second-order valence-corrected chi connectivity index (χ2v) is 8.31. The first-order valence-corrected chi connectivity index (χ1v) is 9.33. The average molecular weight is 340 g/mol. The minimum atomic E-state index is -0.135. The Morgan fingerprint density at radius 3 is 2.50 bits per heavy atom. The van der Waals surface area contributed by atoms with Gasteiger partial charge in [0.1, 0.15) is 0 Å². The van der Waals surface area contributed by atoms with E-state index in [1.165, 1.54) is 12.0 Å². The first-order valence-electron chi connectivity index (χ1n) is 7.35. The Morgan fingerprint density at radius 1 is 1.18 bits per heavy atom. The van der Waals surface area contributed by atoms with E-state index in [2.05, 4.69) is 6.07 Å². The van der Waals surface area contributed by atoms with Gasteiger partial charge < -0.3 is 14.2 Å². The van der Waals surface area contributed by atoms with Crippen molar-refractivity contribution in [2.45, 2.75) is 16.9 Å².